The van der Waals surface area contributed by atoms with E-state index >= 15 is 0 Å². The molecule has 76 valence electrons. The number of carbonyl (C=O) groups is 1. The van der Waals surface area contributed by atoms with E-state index in [0.29, 0.717) is 0 Å². The predicted molar refractivity (Wildman–Crippen MR) is 39.8 cm³/mol. The lowest BCUT2D eigenvalue weighted by molar-refractivity contribution is -0.203. The minimum atomic E-state index is -1.45. The number of ether oxygens (including phenoxy) is 2. The van der Waals surface area contributed by atoms with Gasteiger partial charge < -0.3 is 24.8 Å². The molecule has 0 bridgehead atoms. The van der Waals surface area contributed by atoms with Crippen molar-refractivity contribution in [2.75, 3.05) is 13.7 Å². The number of esters is 1. The minimum Gasteiger partial charge on any atom is -0.467 e. The second-order valence-electron chi connectivity index (χ2n) is 2.83. The summed E-state index contributed by atoms with van der Waals surface area (Å²) in [5.41, 5.74) is 0. The molecule has 0 radical (unpaired) electrons. The van der Waals surface area contributed by atoms with Crippen LogP contribution in [0.2, 0.25) is 0 Å². The Morgan fingerprint density at radius 3 is 2.54 bits per heavy atom. The summed E-state index contributed by atoms with van der Waals surface area (Å²) in [6.07, 6.45) is -5.21. The third kappa shape index (κ3) is 1.97. The van der Waals surface area contributed by atoms with Gasteiger partial charge in [-0.25, -0.2) is 4.79 Å². The van der Waals surface area contributed by atoms with E-state index in [-0.39, 0.29) is 6.61 Å². The molecule has 0 saturated carbocycles. The maximum Gasteiger partial charge on any atom is 0.337 e. The molecule has 0 aromatic heterocycles. The van der Waals surface area contributed by atoms with Crippen molar-refractivity contribution in [3.05, 3.63) is 0 Å². The molecule has 1 aliphatic rings. The topological polar surface area (TPSA) is 96.2 Å². The highest BCUT2D eigenvalue weighted by atomic mass is 16.6. The highest BCUT2D eigenvalue weighted by molar-refractivity contribution is 5.75. The van der Waals surface area contributed by atoms with Crippen LogP contribution in [0.3, 0.4) is 0 Å². The molecule has 1 heterocycles. The van der Waals surface area contributed by atoms with Crippen molar-refractivity contribution in [3.8, 4) is 0 Å². The van der Waals surface area contributed by atoms with E-state index in [2.05, 4.69) is 4.74 Å². The van der Waals surface area contributed by atoms with Gasteiger partial charge in [0.1, 0.15) is 18.3 Å². The Labute approximate surface area is 74.7 Å². The van der Waals surface area contributed by atoms with Crippen molar-refractivity contribution in [2.24, 2.45) is 0 Å². The number of aliphatic hydroxyl groups is 3. The smallest absolute Gasteiger partial charge is 0.337 e. The molecule has 1 fully saturated rings. The van der Waals surface area contributed by atoms with Crippen LogP contribution < -0.4 is 0 Å². The molecule has 6 nitrogen and oxygen atoms in total. The first kappa shape index (κ1) is 10.4. The van der Waals surface area contributed by atoms with Crippen molar-refractivity contribution in [3.63, 3.8) is 0 Å². The number of hydrogen-bond acceptors (Lipinski definition) is 6. The van der Waals surface area contributed by atoms with E-state index in [1.54, 1.807) is 0 Å². The summed E-state index contributed by atoms with van der Waals surface area (Å²) in [4.78, 5) is 10.9. The lowest BCUT2D eigenvalue weighted by Gasteiger charge is -2.33. The van der Waals surface area contributed by atoms with Gasteiger partial charge in [-0.05, 0) is 0 Å². The van der Waals surface area contributed by atoms with Crippen LogP contribution in [-0.2, 0) is 14.3 Å². The van der Waals surface area contributed by atoms with Gasteiger partial charge in [-0.2, -0.15) is 0 Å². The summed E-state index contributed by atoms with van der Waals surface area (Å²) in [5, 5.41) is 27.5. The molecule has 3 N–H and O–H groups in total. The fraction of sp³-hybridized carbons (Fsp3) is 0.857. The van der Waals surface area contributed by atoms with Gasteiger partial charge >= 0.3 is 5.97 Å². The van der Waals surface area contributed by atoms with Gasteiger partial charge in [-0.15, -0.1) is 0 Å². The van der Waals surface area contributed by atoms with Crippen LogP contribution in [0, 0.1) is 0 Å². The van der Waals surface area contributed by atoms with Crippen LogP contribution in [-0.4, -0.2) is 59.4 Å². The molecule has 0 unspecified atom stereocenters. The fourth-order valence-electron chi connectivity index (χ4n) is 1.13. The van der Waals surface area contributed by atoms with Gasteiger partial charge in [0.2, 0.25) is 0 Å². The first-order valence-electron chi connectivity index (χ1n) is 3.81. The minimum absolute atomic E-state index is 0.196. The molecular formula is C7H12O6. The van der Waals surface area contributed by atoms with Gasteiger partial charge in [0.25, 0.3) is 0 Å². The van der Waals surface area contributed by atoms with E-state index in [1.807, 2.05) is 0 Å². The van der Waals surface area contributed by atoms with Crippen LogP contribution in [0.25, 0.3) is 0 Å². The number of rotatable bonds is 1. The van der Waals surface area contributed by atoms with Gasteiger partial charge in [0.15, 0.2) is 6.10 Å². The number of methoxy groups -OCH3 is 1. The second kappa shape index (κ2) is 4.01. The Morgan fingerprint density at radius 2 is 2.00 bits per heavy atom. The van der Waals surface area contributed by atoms with E-state index in [9.17, 15) is 15.0 Å². The number of carbonyl (C=O) groups excluding carboxylic acids is 1. The van der Waals surface area contributed by atoms with Crippen molar-refractivity contribution in [1.29, 1.82) is 0 Å². The van der Waals surface area contributed by atoms with Gasteiger partial charge in [0, 0.05) is 0 Å². The van der Waals surface area contributed by atoms with Crippen molar-refractivity contribution in [1.82, 2.24) is 0 Å². The largest absolute Gasteiger partial charge is 0.467 e. The maximum atomic E-state index is 10.9. The monoisotopic (exact) mass is 192 g/mol. The molecule has 0 aromatic carbocycles. The molecule has 1 saturated heterocycles. The Kier molecular flexibility index (Phi) is 3.21. The molecular weight excluding hydrogens is 180 g/mol. The van der Waals surface area contributed by atoms with Gasteiger partial charge in [-0.3, -0.25) is 0 Å². The molecule has 0 amide bonds. The Balaban J connectivity index is 2.63. The molecule has 1 aliphatic heterocycles. The summed E-state index contributed by atoms with van der Waals surface area (Å²) in [6, 6.07) is 0. The van der Waals surface area contributed by atoms with E-state index < -0.39 is 30.4 Å². The summed E-state index contributed by atoms with van der Waals surface area (Å²) >= 11 is 0. The van der Waals surface area contributed by atoms with E-state index in [0.717, 1.165) is 7.11 Å². The van der Waals surface area contributed by atoms with Crippen molar-refractivity contribution >= 4 is 5.97 Å². The average molecular weight is 192 g/mol. The standard InChI is InChI=1S/C7H12O6/c1-12-7(11)6-5(10)4(9)3(8)2-13-6/h3-6,8-10H,2H2,1H3/t3-,4-,5+,6+/m1/s1. The average Bonchev–Trinajstić information content (AvgIpc) is 2.13. The zero-order chi connectivity index (χ0) is 10.0. The molecule has 6 heteroatoms. The SMILES string of the molecule is COC(=O)[C@H]1OC[C@@H](O)[C@@H](O)[C@@H]1O. The van der Waals surface area contributed by atoms with E-state index in [4.69, 9.17) is 9.84 Å². The number of aliphatic hydroxyl groups excluding tert-OH is 3. The summed E-state index contributed by atoms with van der Waals surface area (Å²) < 4.78 is 9.12. The third-order valence-electron chi connectivity index (χ3n) is 1.93. The molecule has 0 aromatic rings. The molecule has 4 atom stereocenters. The number of hydrogen-bond donors (Lipinski definition) is 3. The Bertz CT molecular complexity index is 193. The summed E-state index contributed by atoms with van der Waals surface area (Å²) in [7, 11) is 1.15. The quantitative estimate of drug-likeness (QED) is 0.402. The second-order valence-corrected chi connectivity index (χ2v) is 2.83. The first-order chi connectivity index (χ1) is 6.07. The first-order valence-corrected chi connectivity index (χ1v) is 3.81. The summed E-state index contributed by atoms with van der Waals surface area (Å²) in [5.74, 6) is -0.765. The molecule has 1 rings (SSSR count). The summed E-state index contributed by atoms with van der Waals surface area (Å²) in [6.45, 7) is -0.196. The normalized spacial score (nSPS) is 40.0. The molecule has 0 spiro atoms. The van der Waals surface area contributed by atoms with E-state index in [1.165, 1.54) is 0 Å². The van der Waals surface area contributed by atoms with Crippen molar-refractivity contribution < 1.29 is 29.6 Å². The Hall–Kier alpha value is -0.690. The van der Waals surface area contributed by atoms with Crippen LogP contribution in [0.1, 0.15) is 0 Å². The lowest BCUT2D eigenvalue weighted by Crippen LogP contribution is -2.55. The highest BCUT2D eigenvalue weighted by Gasteiger charge is 2.41. The van der Waals surface area contributed by atoms with Gasteiger partial charge in [-0.1, -0.05) is 0 Å². The fourth-order valence-corrected chi connectivity index (χ4v) is 1.13. The maximum absolute atomic E-state index is 10.9. The highest BCUT2D eigenvalue weighted by Crippen LogP contribution is 2.16. The van der Waals surface area contributed by atoms with Crippen LogP contribution in [0.5, 0.6) is 0 Å². The third-order valence-corrected chi connectivity index (χ3v) is 1.93. The lowest BCUT2D eigenvalue weighted by atomic mass is 10.0. The molecule has 13 heavy (non-hydrogen) atoms. The van der Waals surface area contributed by atoms with Crippen LogP contribution >= 0.6 is 0 Å². The van der Waals surface area contributed by atoms with Gasteiger partial charge in [0.05, 0.1) is 13.7 Å². The zero-order valence-electron chi connectivity index (χ0n) is 7.08. The van der Waals surface area contributed by atoms with Crippen LogP contribution in [0.15, 0.2) is 0 Å². The predicted octanol–water partition coefficient (Wildman–Crippen LogP) is -2.36. The Morgan fingerprint density at radius 1 is 1.38 bits per heavy atom. The van der Waals surface area contributed by atoms with Crippen molar-refractivity contribution in [2.45, 2.75) is 24.4 Å². The van der Waals surface area contributed by atoms with Crippen LogP contribution in [0.4, 0.5) is 0 Å². The molecule has 0 aliphatic carbocycles. The zero-order valence-corrected chi connectivity index (χ0v) is 7.08.